The summed E-state index contributed by atoms with van der Waals surface area (Å²) >= 11 is 0. The number of fused-ring (bicyclic) bond motifs is 1. The molecule has 1 aliphatic carbocycles. The number of allylic oxidation sites excluding steroid dienone is 1. The van der Waals surface area contributed by atoms with Crippen molar-refractivity contribution in [1.82, 2.24) is 4.57 Å². The predicted molar refractivity (Wildman–Crippen MR) is 94.8 cm³/mol. The van der Waals surface area contributed by atoms with Gasteiger partial charge in [0.1, 0.15) is 11.2 Å². The number of hydrogen-bond acceptors (Lipinski definition) is 0. The van der Waals surface area contributed by atoms with Gasteiger partial charge < -0.3 is 0 Å². The third kappa shape index (κ3) is 1.97. The molecule has 2 aliphatic rings. The largest absolute Gasteiger partial charge is 0.259 e. The van der Waals surface area contributed by atoms with Crippen LogP contribution in [0.15, 0.2) is 30.3 Å². The van der Waals surface area contributed by atoms with Crippen molar-refractivity contribution in [3.05, 3.63) is 53.1 Å². The summed E-state index contributed by atoms with van der Waals surface area (Å²) in [7, 11) is 0. The minimum atomic E-state index is 0.147. The van der Waals surface area contributed by atoms with Gasteiger partial charge in [0.15, 0.2) is 11.4 Å². The smallest absolute Gasteiger partial charge is 0.218 e. The first-order chi connectivity index (χ1) is 11.0. The van der Waals surface area contributed by atoms with Crippen LogP contribution in [0.1, 0.15) is 55.4 Å². The van der Waals surface area contributed by atoms with Crippen LogP contribution >= 0.6 is 0 Å². The van der Waals surface area contributed by atoms with E-state index in [1.54, 1.807) is 0 Å². The van der Waals surface area contributed by atoms with Crippen LogP contribution < -0.4 is 4.57 Å². The molecule has 1 aromatic carbocycles. The molecule has 0 amide bonds. The quantitative estimate of drug-likeness (QED) is 0.716. The standard InChI is InChI=1S/C21H27N2/c1-15-9-5-8-12-19(15)22-16(2)20-13-14-21(4,23(20)17(22)3)18-10-6-7-11-18/h5,8-9,12-14,18H,6-7,10-11H2,1-4H3/q+1. The molecule has 23 heavy (non-hydrogen) atoms. The molecule has 1 saturated carbocycles. The van der Waals surface area contributed by atoms with Crippen molar-refractivity contribution in [2.75, 3.05) is 0 Å². The van der Waals surface area contributed by atoms with Crippen LogP contribution in [0, 0.1) is 26.7 Å². The van der Waals surface area contributed by atoms with E-state index in [1.165, 1.54) is 54.1 Å². The lowest BCUT2D eigenvalue weighted by molar-refractivity contribution is -0.758. The summed E-state index contributed by atoms with van der Waals surface area (Å²) in [4.78, 5) is 0. The molecule has 1 unspecified atom stereocenters. The SMILES string of the molecule is Cc1ccccc1-n1c(C)c2[n+](c1C)C(C)(C1CCCC1)C=C2. The summed E-state index contributed by atoms with van der Waals surface area (Å²) in [6.45, 7) is 9.18. The third-order valence-corrected chi connectivity index (χ3v) is 6.19. The van der Waals surface area contributed by atoms with Gasteiger partial charge in [-0.3, -0.25) is 0 Å². The molecule has 1 aromatic heterocycles. The van der Waals surface area contributed by atoms with E-state index in [0.29, 0.717) is 0 Å². The molecule has 0 bridgehead atoms. The zero-order valence-corrected chi connectivity index (χ0v) is 14.8. The van der Waals surface area contributed by atoms with Gasteiger partial charge in [0.05, 0.1) is 0 Å². The van der Waals surface area contributed by atoms with Crippen molar-refractivity contribution in [2.24, 2.45) is 5.92 Å². The van der Waals surface area contributed by atoms with Gasteiger partial charge >= 0.3 is 0 Å². The number of hydrogen-bond donors (Lipinski definition) is 0. The Morgan fingerprint density at radius 3 is 2.48 bits per heavy atom. The summed E-state index contributed by atoms with van der Waals surface area (Å²) in [5.74, 6) is 2.13. The highest BCUT2D eigenvalue weighted by molar-refractivity contribution is 5.53. The molecule has 2 aromatic rings. The van der Waals surface area contributed by atoms with Crippen LogP contribution in [0.25, 0.3) is 11.8 Å². The zero-order chi connectivity index (χ0) is 16.2. The lowest BCUT2D eigenvalue weighted by atomic mass is 9.84. The lowest BCUT2D eigenvalue weighted by Crippen LogP contribution is -2.57. The van der Waals surface area contributed by atoms with E-state index >= 15 is 0 Å². The molecule has 2 heteroatoms. The Labute approximate surface area is 139 Å². The third-order valence-electron chi connectivity index (χ3n) is 6.19. The van der Waals surface area contributed by atoms with Gasteiger partial charge in [0, 0.05) is 19.8 Å². The molecule has 1 fully saturated rings. The van der Waals surface area contributed by atoms with E-state index in [0.717, 1.165) is 5.92 Å². The Morgan fingerprint density at radius 2 is 1.78 bits per heavy atom. The van der Waals surface area contributed by atoms with Gasteiger partial charge in [0.25, 0.3) is 5.82 Å². The van der Waals surface area contributed by atoms with Gasteiger partial charge in [-0.2, -0.15) is 4.57 Å². The van der Waals surface area contributed by atoms with Crippen molar-refractivity contribution in [3.8, 4) is 5.69 Å². The fourth-order valence-corrected chi connectivity index (χ4v) is 4.92. The van der Waals surface area contributed by atoms with E-state index in [1.807, 2.05) is 0 Å². The highest BCUT2D eigenvalue weighted by Crippen LogP contribution is 2.40. The van der Waals surface area contributed by atoms with Gasteiger partial charge in [-0.25, -0.2) is 4.57 Å². The second-order valence-corrected chi connectivity index (χ2v) is 7.52. The highest BCUT2D eigenvalue weighted by Gasteiger charge is 2.47. The Kier molecular flexibility index (Phi) is 3.26. The van der Waals surface area contributed by atoms with Crippen LogP contribution in [0.2, 0.25) is 0 Å². The first-order valence-corrected chi connectivity index (χ1v) is 8.93. The number of aromatic nitrogens is 2. The van der Waals surface area contributed by atoms with Crippen molar-refractivity contribution in [2.45, 2.75) is 58.9 Å². The fourth-order valence-electron chi connectivity index (χ4n) is 4.92. The summed E-state index contributed by atoms with van der Waals surface area (Å²) in [6, 6.07) is 8.71. The molecule has 0 saturated heterocycles. The van der Waals surface area contributed by atoms with E-state index in [4.69, 9.17) is 0 Å². The highest BCUT2D eigenvalue weighted by atomic mass is 15.2. The van der Waals surface area contributed by atoms with Gasteiger partial charge in [-0.05, 0) is 50.5 Å². The van der Waals surface area contributed by atoms with Crippen LogP contribution in [0.4, 0.5) is 0 Å². The lowest BCUT2D eigenvalue weighted by Gasteiger charge is -2.28. The van der Waals surface area contributed by atoms with Gasteiger partial charge in [0.2, 0.25) is 0 Å². The fraction of sp³-hybridized carbons (Fsp3) is 0.476. The summed E-state index contributed by atoms with van der Waals surface area (Å²) < 4.78 is 5.05. The Hall–Kier alpha value is -1.83. The van der Waals surface area contributed by atoms with Crippen LogP contribution in [0.3, 0.4) is 0 Å². The molecule has 0 radical (unpaired) electrons. The maximum atomic E-state index is 2.60. The number of nitrogens with zero attached hydrogens (tertiary/aromatic N) is 2. The summed E-state index contributed by atoms with van der Waals surface area (Å²) in [5, 5.41) is 0. The maximum absolute atomic E-state index is 2.60. The van der Waals surface area contributed by atoms with Gasteiger partial charge in [-0.1, -0.05) is 31.0 Å². The summed E-state index contributed by atoms with van der Waals surface area (Å²) in [5.41, 5.74) is 5.54. The Bertz CT molecular complexity index is 790. The molecule has 0 N–H and O–H groups in total. The van der Waals surface area contributed by atoms with Crippen molar-refractivity contribution >= 4 is 6.08 Å². The second kappa shape index (κ2) is 5.09. The second-order valence-electron chi connectivity index (χ2n) is 7.52. The van der Waals surface area contributed by atoms with Crippen molar-refractivity contribution < 1.29 is 4.57 Å². The first-order valence-electron chi connectivity index (χ1n) is 8.93. The average Bonchev–Trinajstić information content (AvgIpc) is 3.22. The average molecular weight is 307 g/mol. The van der Waals surface area contributed by atoms with E-state index in [2.05, 4.69) is 73.2 Å². The normalized spacial score (nSPS) is 23.7. The number of imidazole rings is 1. The molecule has 0 spiro atoms. The minimum absolute atomic E-state index is 0.147. The predicted octanol–water partition coefficient (Wildman–Crippen LogP) is 4.62. The molecule has 1 aliphatic heterocycles. The monoisotopic (exact) mass is 307 g/mol. The number of para-hydroxylation sites is 1. The van der Waals surface area contributed by atoms with Crippen molar-refractivity contribution in [3.63, 3.8) is 0 Å². The Morgan fingerprint density at radius 1 is 1.09 bits per heavy atom. The van der Waals surface area contributed by atoms with Gasteiger partial charge in [-0.15, -0.1) is 0 Å². The van der Waals surface area contributed by atoms with E-state index < -0.39 is 0 Å². The Balaban J connectivity index is 1.91. The van der Waals surface area contributed by atoms with E-state index in [9.17, 15) is 0 Å². The minimum Gasteiger partial charge on any atom is -0.218 e. The number of rotatable bonds is 2. The molecule has 2 heterocycles. The summed E-state index contributed by atoms with van der Waals surface area (Å²) in [6.07, 6.45) is 10.3. The van der Waals surface area contributed by atoms with Crippen LogP contribution in [-0.2, 0) is 5.54 Å². The van der Waals surface area contributed by atoms with Crippen molar-refractivity contribution in [1.29, 1.82) is 0 Å². The van der Waals surface area contributed by atoms with Crippen LogP contribution in [-0.4, -0.2) is 4.57 Å². The number of aryl methyl sites for hydroxylation is 1. The molecular formula is C21H27N2+. The molecule has 2 nitrogen and oxygen atoms in total. The topological polar surface area (TPSA) is 8.81 Å². The van der Waals surface area contributed by atoms with Crippen LogP contribution in [0.5, 0.6) is 0 Å². The molecule has 1 atom stereocenters. The van der Waals surface area contributed by atoms with E-state index in [-0.39, 0.29) is 5.54 Å². The molecule has 120 valence electrons. The zero-order valence-electron chi connectivity index (χ0n) is 14.8. The molecule has 4 rings (SSSR count). The first kappa shape index (κ1) is 14.7. The maximum Gasteiger partial charge on any atom is 0.259 e. The number of benzene rings is 1. The molecular weight excluding hydrogens is 280 g/mol.